The van der Waals surface area contributed by atoms with Gasteiger partial charge in [-0.25, -0.2) is 0 Å². The standard InChI is InChI=1S/C16H28N4O2/c1-13-3-6-19(7-4-13)12-15(21)10-17-16(22)5-8-20-11-14(2)9-18-20/h9,11,13,15,21H,3-8,10,12H2,1-2H3,(H,17,22). The molecule has 0 spiro atoms. The van der Waals surface area contributed by atoms with Gasteiger partial charge in [-0.2, -0.15) is 5.10 Å². The number of aliphatic hydroxyl groups excluding tert-OH is 1. The Hall–Kier alpha value is -1.40. The van der Waals surface area contributed by atoms with Gasteiger partial charge in [0.15, 0.2) is 0 Å². The minimum atomic E-state index is -0.496. The van der Waals surface area contributed by atoms with Crippen LogP contribution in [0.4, 0.5) is 0 Å². The van der Waals surface area contributed by atoms with Crippen molar-refractivity contribution in [2.24, 2.45) is 5.92 Å². The van der Waals surface area contributed by atoms with Crippen LogP contribution < -0.4 is 5.32 Å². The van der Waals surface area contributed by atoms with Crippen LogP contribution in [0.25, 0.3) is 0 Å². The molecule has 6 heteroatoms. The van der Waals surface area contributed by atoms with Gasteiger partial charge in [-0.05, 0) is 44.3 Å². The number of hydrogen-bond acceptors (Lipinski definition) is 4. The lowest BCUT2D eigenvalue weighted by Gasteiger charge is -2.31. The lowest BCUT2D eigenvalue weighted by molar-refractivity contribution is -0.121. The average molecular weight is 308 g/mol. The topological polar surface area (TPSA) is 70.4 Å². The first-order valence-corrected chi connectivity index (χ1v) is 8.19. The van der Waals surface area contributed by atoms with Gasteiger partial charge in [-0.3, -0.25) is 9.48 Å². The molecule has 6 nitrogen and oxygen atoms in total. The number of carbonyl (C=O) groups is 1. The summed E-state index contributed by atoms with van der Waals surface area (Å²) in [7, 11) is 0. The number of carbonyl (C=O) groups excluding carboxylic acids is 1. The quantitative estimate of drug-likeness (QED) is 0.781. The zero-order chi connectivity index (χ0) is 15.9. The molecule has 2 N–H and O–H groups in total. The van der Waals surface area contributed by atoms with Crippen LogP contribution in [0.1, 0.15) is 31.7 Å². The SMILES string of the molecule is Cc1cnn(CCC(=O)NCC(O)CN2CCC(C)CC2)c1. The predicted octanol–water partition coefficient (Wildman–Crippen LogP) is 0.791. The lowest BCUT2D eigenvalue weighted by Crippen LogP contribution is -2.43. The van der Waals surface area contributed by atoms with Gasteiger partial charge in [0, 0.05) is 32.3 Å². The summed E-state index contributed by atoms with van der Waals surface area (Å²) < 4.78 is 1.76. The highest BCUT2D eigenvalue weighted by Crippen LogP contribution is 2.15. The first kappa shape index (κ1) is 17.0. The Morgan fingerprint density at radius 2 is 2.23 bits per heavy atom. The van der Waals surface area contributed by atoms with Gasteiger partial charge < -0.3 is 15.3 Å². The van der Waals surface area contributed by atoms with E-state index in [0.29, 0.717) is 26.1 Å². The molecule has 1 aromatic rings. The van der Waals surface area contributed by atoms with Crippen molar-refractivity contribution in [1.82, 2.24) is 20.0 Å². The highest BCUT2D eigenvalue weighted by atomic mass is 16.3. The monoisotopic (exact) mass is 308 g/mol. The molecule has 0 aliphatic carbocycles. The third-order valence-electron chi connectivity index (χ3n) is 4.21. The predicted molar refractivity (Wildman–Crippen MR) is 85.4 cm³/mol. The number of amides is 1. The number of aromatic nitrogens is 2. The molecule has 2 heterocycles. The van der Waals surface area contributed by atoms with Crippen LogP contribution in [-0.2, 0) is 11.3 Å². The van der Waals surface area contributed by atoms with Gasteiger partial charge in [-0.1, -0.05) is 6.92 Å². The molecule has 1 aliphatic rings. The van der Waals surface area contributed by atoms with Crippen LogP contribution in [-0.4, -0.2) is 58.0 Å². The number of likely N-dealkylation sites (tertiary alicyclic amines) is 1. The smallest absolute Gasteiger partial charge is 0.221 e. The minimum absolute atomic E-state index is 0.0422. The Morgan fingerprint density at radius 3 is 2.86 bits per heavy atom. The molecule has 0 radical (unpaired) electrons. The van der Waals surface area contributed by atoms with Crippen molar-refractivity contribution in [1.29, 1.82) is 0 Å². The maximum Gasteiger partial charge on any atom is 0.221 e. The number of piperidine rings is 1. The second kappa shape index (κ2) is 8.29. The van der Waals surface area contributed by atoms with E-state index in [1.165, 1.54) is 12.8 Å². The van der Waals surface area contributed by atoms with E-state index >= 15 is 0 Å². The summed E-state index contributed by atoms with van der Waals surface area (Å²) in [5, 5.41) is 17.0. The Morgan fingerprint density at radius 1 is 1.50 bits per heavy atom. The second-order valence-electron chi connectivity index (χ2n) is 6.47. The summed E-state index contributed by atoms with van der Waals surface area (Å²) in [4.78, 5) is 14.1. The molecule has 0 saturated carbocycles. The van der Waals surface area contributed by atoms with Gasteiger partial charge in [0.2, 0.25) is 5.91 Å². The van der Waals surface area contributed by atoms with Crippen molar-refractivity contribution in [2.75, 3.05) is 26.2 Å². The highest BCUT2D eigenvalue weighted by Gasteiger charge is 2.18. The molecular formula is C16H28N4O2. The summed E-state index contributed by atoms with van der Waals surface area (Å²) in [5.74, 6) is 0.749. The number of aryl methyl sites for hydroxylation is 2. The van der Waals surface area contributed by atoms with E-state index in [-0.39, 0.29) is 5.91 Å². The van der Waals surface area contributed by atoms with Crippen molar-refractivity contribution >= 4 is 5.91 Å². The van der Waals surface area contributed by atoms with Gasteiger partial charge in [0.25, 0.3) is 0 Å². The van der Waals surface area contributed by atoms with Crippen LogP contribution in [0.15, 0.2) is 12.4 Å². The van der Waals surface area contributed by atoms with Crippen LogP contribution in [0.2, 0.25) is 0 Å². The second-order valence-corrected chi connectivity index (χ2v) is 6.47. The number of hydrogen-bond donors (Lipinski definition) is 2. The van der Waals surface area contributed by atoms with Gasteiger partial charge in [0.1, 0.15) is 0 Å². The molecule has 1 aromatic heterocycles. The number of rotatable bonds is 7. The van der Waals surface area contributed by atoms with Gasteiger partial charge in [-0.15, -0.1) is 0 Å². The Bertz CT molecular complexity index is 466. The van der Waals surface area contributed by atoms with E-state index in [1.54, 1.807) is 10.9 Å². The number of β-amino-alcohol motifs (C(OH)–C–C–N with tert-alkyl or cyclic N) is 1. The summed E-state index contributed by atoms with van der Waals surface area (Å²) in [6.07, 6.45) is 5.98. The van der Waals surface area contributed by atoms with E-state index in [0.717, 1.165) is 24.6 Å². The summed E-state index contributed by atoms with van der Waals surface area (Å²) in [5.41, 5.74) is 1.09. The Balaban J connectivity index is 1.59. The van der Waals surface area contributed by atoms with Crippen molar-refractivity contribution in [3.63, 3.8) is 0 Å². The van der Waals surface area contributed by atoms with Crippen LogP contribution in [0, 0.1) is 12.8 Å². The molecule has 1 atom stereocenters. The molecule has 22 heavy (non-hydrogen) atoms. The van der Waals surface area contributed by atoms with Crippen LogP contribution in [0.3, 0.4) is 0 Å². The third kappa shape index (κ3) is 5.77. The molecule has 2 rings (SSSR count). The Labute approximate surface area is 132 Å². The summed E-state index contributed by atoms with van der Waals surface area (Å²) in [6, 6.07) is 0. The molecule has 0 aromatic carbocycles. The summed E-state index contributed by atoms with van der Waals surface area (Å²) in [6.45, 7) is 7.88. The zero-order valence-corrected chi connectivity index (χ0v) is 13.7. The van der Waals surface area contributed by atoms with Crippen molar-refractivity contribution in [2.45, 2.75) is 45.8 Å². The molecule has 1 fully saturated rings. The normalized spacial score (nSPS) is 18.3. The molecule has 1 aliphatic heterocycles. The minimum Gasteiger partial charge on any atom is -0.390 e. The van der Waals surface area contributed by atoms with E-state index in [9.17, 15) is 9.90 Å². The van der Waals surface area contributed by atoms with Crippen molar-refractivity contribution < 1.29 is 9.90 Å². The fourth-order valence-electron chi connectivity index (χ4n) is 2.73. The zero-order valence-electron chi connectivity index (χ0n) is 13.7. The van der Waals surface area contributed by atoms with E-state index in [2.05, 4.69) is 22.2 Å². The van der Waals surface area contributed by atoms with Gasteiger partial charge >= 0.3 is 0 Å². The molecule has 124 valence electrons. The fourth-order valence-corrected chi connectivity index (χ4v) is 2.73. The number of nitrogens with one attached hydrogen (secondary N) is 1. The fraction of sp³-hybridized carbons (Fsp3) is 0.750. The summed E-state index contributed by atoms with van der Waals surface area (Å²) >= 11 is 0. The third-order valence-corrected chi connectivity index (χ3v) is 4.21. The van der Waals surface area contributed by atoms with Crippen LogP contribution in [0.5, 0.6) is 0 Å². The van der Waals surface area contributed by atoms with Crippen molar-refractivity contribution in [3.8, 4) is 0 Å². The lowest BCUT2D eigenvalue weighted by atomic mass is 9.99. The van der Waals surface area contributed by atoms with Crippen LogP contribution >= 0.6 is 0 Å². The number of nitrogens with zero attached hydrogens (tertiary/aromatic N) is 3. The molecule has 1 amide bonds. The molecule has 1 saturated heterocycles. The van der Waals surface area contributed by atoms with E-state index < -0.39 is 6.10 Å². The largest absolute Gasteiger partial charge is 0.390 e. The first-order chi connectivity index (χ1) is 10.5. The van der Waals surface area contributed by atoms with E-state index in [1.807, 2.05) is 13.1 Å². The molecular weight excluding hydrogens is 280 g/mol. The molecule has 0 bridgehead atoms. The highest BCUT2D eigenvalue weighted by molar-refractivity contribution is 5.75. The maximum atomic E-state index is 11.8. The first-order valence-electron chi connectivity index (χ1n) is 8.19. The van der Waals surface area contributed by atoms with E-state index in [4.69, 9.17) is 0 Å². The molecule has 1 unspecified atom stereocenters. The van der Waals surface area contributed by atoms with Gasteiger partial charge in [0.05, 0.1) is 12.3 Å². The maximum absolute atomic E-state index is 11.8. The average Bonchev–Trinajstić information content (AvgIpc) is 2.91. The number of aliphatic hydroxyl groups is 1. The van der Waals surface area contributed by atoms with Crippen molar-refractivity contribution in [3.05, 3.63) is 18.0 Å². The Kier molecular flexibility index (Phi) is 6.39.